The molecule has 0 aliphatic rings. The molecule has 2 aromatic heterocycles. The van der Waals surface area contributed by atoms with Gasteiger partial charge in [-0.3, -0.25) is 0 Å². The normalized spacial score (nSPS) is 11.0. The van der Waals surface area contributed by atoms with Crippen LogP contribution in [0.15, 0.2) is 36.4 Å². The minimum Gasteiger partial charge on any atom is -0.508 e. The van der Waals surface area contributed by atoms with E-state index >= 15 is 0 Å². The van der Waals surface area contributed by atoms with E-state index in [2.05, 4.69) is 0 Å². The van der Waals surface area contributed by atoms with E-state index < -0.39 is 5.97 Å². The van der Waals surface area contributed by atoms with Gasteiger partial charge in [0.05, 0.1) is 10.6 Å². The molecule has 0 amide bonds. The van der Waals surface area contributed by atoms with Gasteiger partial charge in [-0.1, -0.05) is 0 Å². The third-order valence-corrected chi connectivity index (χ3v) is 4.22. The van der Waals surface area contributed by atoms with E-state index in [1.54, 1.807) is 35.9 Å². The summed E-state index contributed by atoms with van der Waals surface area (Å²) in [6.07, 6.45) is 0. The smallest absolute Gasteiger partial charge is 0.352 e. The number of aromatic nitrogens is 1. The highest BCUT2D eigenvalue weighted by atomic mass is 32.1. The van der Waals surface area contributed by atoms with Crippen molar-refractivity contribution in [2.24, 2.45) is 7.05 Å². The zero-order valence-electron chi connectivity index (χ0n) is 10.1. The summed E-state index contributed by atoms with van der Waals surface area (Å²) in [4.78, 5) is 12.0. The number of rotatable bonds is 2. The average molecular weight is 273 g/mol. The maximum absolute atomic E-state index is 11.0. The molecule has 0 unspecified atom stereocenters. The third-order valence-electron chi connectivity index (χ3n) is 3.10. The Morgan fingerprint density at radius 3 is 2.68 bits per heavy atom. The zero-order valence-corrected chi connectivity index (χ0v) is 10.9. The van der Waals surface area contributed by atoms with Crippen LogP contribution < -0.4 is 0 Å². The molecule has 0 saturated heterocycles. The van der Waals surface area contributed by atoms with Gasteiger partial charge in [0, 0.05) is 11.7 Å². The minimum absolute atomic E-state index is 0.235. The maximum atomic E-state index is 11.0. The number of hydrogen-bond donors (Lipinski definition) is 2. The summed E-state index contributed by atoms with van der Waals surface area (Å²) in [5.74, 6) is -0.702. The Balaban J connectivity index is 2.16. The number of carboxylic acid groups (broad SMARTS) is 1. The molecule has 0 spiro atoms. The van der Waals surface area contributed by atoms with Crippen molar-refractivity contribution in [3.63, 3.8) is 0 Å². The van der Waals surface area contributed by atoms with Crippen LogP contribution in [0.4, 0.5) is 0 Å². The topological polar surface area (TPSA) is 62.5 Å². The third kappa shape index (κ3) is 1.88. The second-order valence-electron chi connectivity index (χ2n) is 4.30. The summed E-state index contributed by atoms with van der Waals surface area (Å²) in [7, 11) is 1.74. The highest BCUT2D eigenvalue weighted by Crippen LogP contribution is 2.35. The van der Waals surface area contributed by atoms with E-state index in [1.165, 1.54) is 11.3 Å². The van der Waals surface area contributed by atoms with Crippen molar-refractivity contribution in [1.82, 2.24) is 4.57 Å². The first-order valence-corrected chi connectivity index (χ1v) is 6.50. The van der Waals surface area contributed by atoms with Crippen molar-refractivity contribution >= 4 is 27.4 Å². The van der Waals surface area contributed by atoms with Crippen LogP contribution in [0.25, 0.3) is 20.7 Å². The summed E-state index contributed by atoms with van der Waals surface area (Å²) >= 11 is 1.53. The molecule has 0 aliphatic heterocycles. The number of nitrogens with zero attached hydrogens (tertiary/aromatic N) is 1. The molecule has 19 heavy (non-hydrogen) atoms. The van der Waals surface area contributed by atoms with E-state index in [0.29, 0.717) is 0 Å². The summed E-state index contributed by atoms with van der Waals surface area (Å²) in [5, 5.41) is 19.6. The number of fused-ring (bicyclic) bond motifs is 1. The first-order valence-electron chi connectivity index (χ1n) is 5.68. The molecular weight excluding hydrogens is 262 g/mol. The van der Waals surface area contributed by atoms with E-state index in [9.17, 15) is 9.90 Å². The van der Waals surface area contributed by atoms with Crippen molar-refractivity contribution in [2.75, 3.05) is 0 Å². The van der Waals surface area contributed by atoms with E-state index in [1.807, 2.05) is 12.1 Å². The summed E-state index contributed by atoms with van der Waals surface area (Å²) in [5.41, 5.74) is 1.12. The van der Waals surface area contributed by atoms with Crippen LogP contribution in [-0.4, -0.2) is 20.7 Å². The minimum atomic E-state index is -0.937. The molecule has 0 radical (unpaired) electrons. The molecule has 5 heteroatoms. The second kappa shape index (κ2) is 4.13. The summed E-state index contributed by atoms with van der Waals surface area (Å²) in [6, 6.07) is 10.6. The number of carboxylic acids is 1. The van der Waals surface area contributed by atoms with Gasteiger partial charge in [-0.2, -0.15) is 0 Å². The van der Waals surface area contributed by atoms with Crippen molar-refractivity contribution < 1.29 is 15.0 Å². The SMILES string of the molecule is Cn1c(C(=O)O)ccc1-c1cc2ccc(O)cc2s1. The van der Waals surface area contributed by atoms with Crippen LogP contribution in [0.1, 0.15) is 10.5 Å². The summed E-state index contributed by atoms with van der Waals surface area (Å²) < 4.78 is 2.64. The molecular formula is C14H11NO3S. The van der Waals surface area contributed by atoms with Gasteiger partial charge in [-0.25, -0.2) is 4.79 Å². The number of aromatic hydroxyl groups is 1. The van der Waals surface area contributed by atoms with Crippen molar-refractivity contribution in [1.29, 1.82) is 0 Å². The van der Waals surface area contributed by atoms with Gasteiger partial charge in [0.1, 0.15) is 11.4 Å². The van der Waals surface area contributed by atoms with Gasteiger partial charge in [-0.15, -0.1) is 11.3 Å². The lowest BCUT2D eigenvalue weighted by molar-refractivity contribution is 0.0687. The number of aromatic carboxylic acids is 1. The zero-order chi connectivity index (χ0) is 13.6. The molecule has 0 aliphatic carbocycles. The van der Waals surface area contributed by atoms with Gasteiger partial charge in [0.2, 0.25) is 0 Å². The Morgan fingerprint density at radius 1 is 1.21 bits per heavy atom. The van der Waals surface area contributed by atoms with Crippen LogP contribution in [0.2, 0.25) is 0 Å². The summed E-state index contributed by atoms with van der Waals surface area (Å²) in [6.45, 7) is 0. The molecule has 4 nitrogen and oxygen atoms in total. The Morgan fingerprint density at radius 2 is 2.00 bits per heavy atom. The fourth-order valence-electron chi connectivity index (χ4n) is 2.12. The molecule has 2 heterocycles. The predicted molar refractivity (Wildman–Crippen MR) is 74.9 cm³/mol. The van der Waals surface area contributed by atoms with Crippen LogP contribution >= 0.6 is 11.3 Å². The molecule has 96 valence electrons. The van der Waals surface area contributed by atoms with Crippen molar-refractivity contribution in [3.8, 4) is 16.3 Å². The quantitative estimate of drug-likeness (QED) is 0.753. The average Bonchev–Trinajstić information content (AvgIpc) is 2.91. The first kappa shape index (κ1) is 11.8. The number of benzene rings is 1. The standard InChI is InChI=1S/C14H11NO3S/c1-15-10(4-5-11(15)14(17)18)13-6-8-2-3-9(16)7-12(8)19-13/h2-7,16H,1H3,(H,17,18). The van der Waals surface area contributed by atoms with Crippen molar-refractivity contribution in [2.45, 2.75) is 0 Å². The second-order valence-corrected chi connectivity index (χ2v) is 5.38. The first-order chi connectivity index (χ1) is 9.06. The monoisotopic (exact) mass is 273 g/mol. The predicted octanol–water partition coefficient (Wildman–Crippen LogP) is 3.31. The van der Waals surface area contributed by atoms with Gasteiger partial charge in [-0.05, 0) is 41.8 Å². The van der Waals surface area contributed by atoms with Gasteiger partial charge >= 0.3 is 5.97 Å². The highest BCUT2D eigenvalue weighted by molar-refractivity contribution is 7.22. The Kier molecular flexibility index (Phi) is 2.57. The molecule has 3 aromatic rings. The molecule has 1 aromatic carbocycles. The van der Waals surface area contributed by atoms with E-state index in [0.717, 1.165) is 20.7 Å². The Bertz CT molecular complexity index is 785. The van der Waals surface area contributed by atoms with Crippen LogP contribution in [-0.2, 0) is 7.05 Å². The fraction of sp³-hybridized carbons (Fsp3) is 0.0714. The van der Waals surface area contributed by atoms with E-state index in [-0.39, 0.29) is 11.4 Å². The van der Waals surface area contributed by atoms with Crippen LogP contribution in [0, 0.1) is 0 Å². The molecule has 2 N–H and O–H groups in total. The fourth-order valence-corrected chi connectivity index (χ4v) is 3.28. The Labute approximate surface area is 113 Å². The molecule has 0 atom stereocenters. The molecule has 0 saturated carbocycles. The lowest BCUT2D eigenvalue weighted by atomic mass is 10.2. The maximum Gasteiger partial charge on any atom is 0.352 e. The van der Waals surface area contributed by atoms with Gasteiger partial charge in [0.25, 0.3) is 0 Å². The largest absolute Gasteiger partial charge is 0.508 e. The highest BCUT2D eigenvalue weighted by Gasteiger charge is 2.14. The Hall–Kier alpha value is -2.27. The van der Waals surface area contributed by atoms with Crippen LogP contribution in [0.3, 0.4) is 0 Å². The lowest BCUT2D eigenvalue weighted by Crippen LogP contribution is -2.04. The van der Waals surface area contributed by atoms with Crippen molar-refractivity contribution in [3.05, 3.63) is 42.1 Å². The number of carbonyl (C=O) groups is 1. The number of phenolic OH excluding ortho intramolecular Hbond substituents is 1. The van der Waals surface area contributed by atoms with E-state index in [4.69, 9.17) is 5.11 Å². The number of thiophene rings is 1. The lowest BCUT2D eigenvalue weighted by Gasteiger charge is -2.02. The molecule has 0 fully saturated rings. The molecule has 0 bridgehead atoms. The number of phenols is 1. The molecule has 3 rings (SSSR count). The van der Waals surface area contributed by atoms with Gasteiger partial charge in [0.15, 0.2) is 0 Å². The number of hydrogen-bond acceptors (Lipinski definition) is 3. The van der Waals surface area contributed by atoms with Crippen LogP contribution in [0.5, 0.6) is 5.75 Å². The van der Waals surface area contributed by atoms with Gasteiger partial charge < -0.3 is 14.8 Å².